The van der Waals surface area contributed by atoms with Crippen molar-refractivity contribution in [3.8, 4) is 5.75 Å². The van der Waals surface area contributed by atoms with Crippen LogP contribution in [0.2, 0.25) is 0 Å². The fraction of sp³-hybridized carbons (Fsp3) is 0.421. The number of halogens is 1. The van der Waals surface area contributed by atoms with Gasteiger partial charge in [-0.3, -0.25) is 0 Å². The molecule has 29 heavy (non-hydrogen) atoms. The Morgan fingerprint density at radius 3 is 2.55 bits per heavy atom. The number of hydrogen-bond acceptors (Lipinski definition) is 5. The lowest BCUT2D eigenvalue weighted by Gasteiger charge is -2.12. The zero-order valence-corrected chi connectivity index (χ0v) is 21.3. The predicted molar refractivity (Wildman–Crippen MR) is 130 cm³/mol. The molecule has 0 atom stereocenters. The minimum absolute atomic E-state index is 0. The Hall–Kier alpha value is -1.37. The van der Waals surface area contributed by atoms with Gasteiger partial charge in [-0.2, -0.15) is 0 Å². The summed E-state index contributed by atoms with van der Waals surface area (Å²) in [7, 11) is 1.32. The van der Waals surface area contributed by atoms with Crippen molar-refractivity contribution in [2.24, 2.45) is 4.99 Å². The standard InChI is InChI=1S/C19H28N4O3S2.HI/c1-6-20-19(21-12-15-8-7-14(2)11-17(15)26-5)22-13-16-9-10-18(27-16)28(24,25)23(3)4;/h7-11H,6,12-13H2,1-5H3,(H2,20,21,22);1H. The summed E-state index contributed by atoms with van der Waals surface area (Å²) in [5.74, 6) is 1.48. The van der Waals surface area contributed by atoms with E-state index in [1.807, 2.05) is 38.1 Å². The zero-order valence-electron chi connectivity index (χ0n) is 17.4. The summed E-state index contributed by atoms with van der Waals surface area (Å²) in [5, 5.41) is 6.45. The molecule has 0 saturated heterocycles. The van der Waals surface area contributed by atoms with Gasteiger partial charge in [0.25, 0.3) is 10.0 Å². The number of guanidine groups is 1. The third-order valence-electron chi connectivity index (χ3n) is 4.00. The molecule has 7 nitrogen and oxygen atoms in total. The van der Waals surface area contributed by atoms with Gasteiger partial charge in [-0.05, 0) is 37.6 Å². The first-order chi connectivity index (χ1) is 13.3. The molecule has 2 N–H and O–H groups in total. The van der Waals surface area contributed by atoms with Gasteiger partial charge in [0, 0.05) is 31.1 Å². The maximum Gasteiger partial charge on any atom is 0.252 e. The van der Waals surface area contributed by atoms with Gasteiger partial charge in [-0.25, -0.2) is 17.7 Å². The molecule has 0 bridgehead atoms. The van der Waals surface area contributed by atoms with E-state index in [0.29, 0.717) is 23.3 Å². The number of benzene rings is 1. The van der Waals surface area contributed by atoms with Crippen LogP contribution in [0.25, 0.3) is 0 Å². The average molecular weight is 553 g/mol. The number of sulfonamides is 1. The number of aryl methyl sites for hydroxylation is 1. The van der Waals surface area contributed by atoms with Gasteiger partial charge in [-0.1, -0.05) is 12.1 Å². The quantitative estimate of drug-likeness (QED) is 0.299. The van der Waals surface area contributed by atoms with Crippen molar-refractivity contribution in [1.29, 1.82) is 0 Å². The van der Waals surface area contributed by atoms with Crippen LogP contribution in [-0.2, 0) is 23.1 Å². The molecule has 1 heterocycles. The molecule has 0 spiro atoms. The summed E-state index contributed by atoms with van der Waals surface area (Å²) < 4.78 is 31.4. The number of methoxy groups -OCH3 is 1. The van der Waals surface area contributed by atoms with Gasteiger partial charge < -0.3 is 15.4 Å². The number of ether oxygens (including phenoxy) is 1. The molecule has 2 aromatic rings. The van der Waals surface area contributed by atoms with E-state index in [1.165, 1.54) is 29.7 Å². The summed E-state index contributed by atoms with van der Waals surface area (Å²) in [6.07, 6.45) is 0. The van der Waals surface area contributed by atoms with Crippen LogP contribution >= 0.6 is 35.3 Å². The third-order valence-corrected chi connectivity index (χ3v) is 7.36. The Labute approximate surface area is 194 Å². The number of nitrogens with one attached hydrogen (secondary N) is 2. The van der Waals surface area contributed by atoms with Crippen molar-refractivity contribution < 1.29 is 13.2 Å². The number of aliphatic imine (C=N–C) groups is 1. The second-order valence-corrected chi connectivity index (χ2v) is 9.92. The molecule has 0 saturated carbocycles. The van der Waals surface area contributed by atoms with Crippen LogP contribution in [0.15, 0.2) is 39.5 Å². The Balaban J connectivity index is 0.00000420. The fourth-order valence-corrected chi connectivity index (χ4v) is 4.90. The molecular weight excluding hydrogens is 523 g/mol. The lowest BCUT2D eigenvalue weighted by molar-refractivity contribution is 0.409. The minimum Gasteiger partial charge on any atom is -0.496 e. The molecular formula is C19H29IN4O3S2. The predicted octanol–water partition coefficient (Wildman–Crippen LogP) is 3.19. The van der Waals surface area contributed by atoms with E-state index in [-0.39, 0.29) is 24.0 Å². The Morgan fingerprint density at radius 1 is 1.21 bits per heavy atom. The molecule has 1 aromatic heterocycles. The number of hydrogen-bond donors (Lipinski definition) is 2. The Kier molecular flexibility index (Phi) is 10.4. The van der Waals surface area contributed by atoms with E-state index < -0.39 is 10.0 Å². The molecule has 162 valence electrons. The summed E-state index contributed by atoms with van der Waals surface area (Å²) in [6, 6.07) is 9.49. The summed E-state index contributed by atoms with van der Waals surface area (Å²) in [6.45, 7) is 5.71. The van der Waals surface area contributed by atoms with Gasteiger partial charge >= 0.3 is 0 Å². The van der Waals surface area contributed by atoms with E-state index in [1.54, 1.807) is 13.2 Å². The summed E-state index contributed by atoms with van der Waals surface area (Å²) in [5.41, 5.74) is 2.14. The van der Waals surface area contributed by atoms with Crippen LogP contribution in [0.5, 0.6) is 5.75 Å². The first-order valence-electron chi connectivity index (χ1n) is 8.94. The molecule has 0 aliphatic rings. The minimum atomic E-state index is -3.40. The molecule has 0 fully saturated rings. The van der Waals surface area contributed by atoms with Gasteiger partial charge in [-0.15, -0.1) is 35.3 Å². The summed E-state index contributed by atoms with van der Waals surface area (Å²) in [4.78, 5) is 5.53. The molecule has 0 aliphatic carbocycles. The molecule has 0 amide bonds. The van der Waals surface area contributed by atoms with Crippen LogP contribution in [0, 0.1) is 6.92 Å². The van der Waals surface area contributed by atoms with E-state index in [0.717, 1.165) is 28.3 Å². The highest BCUT2D eigenvalue weighted by molar-refractivity contribution is 14.0. The maximum absolute atomic E-state index is 12.2. The lowest BCUT2D eigenvalue weighted by atomic mass is 10.1. The smallest absolute Gasteiger partial charge is 0.252 e. The molecule has 0 unspecified atom stereocenters. The van der Waals surface area contributed by atoms with Crippen molar-refractivity contribution >= 4 is 51.3 Å². The molecule has 1 aromatic carbocycles. The number of nitrogens with zero attached hydrogens (tertiary/aromatic N) is 2. The van der Waals surface area contributed by atoms with Crippen molar-refractivity contribution in [2.75, 3.05) is 27.7 Å². The normalized spacial score (nSPS) is 11.9. The second kappa shape index (κ2) is 11.7. The Bertz CT molecular complexity index is 927. The molecule has 2 rings (SSSR count). The second-order valence-electron chi connectivity index (χ2n) is 6.37. The molecule has 10 heteroatoms. The van der Waals surface area contributed by atoms with Crippen molar-refractivity contribution in [3.63, 3.8) is 0 Å². The SMILES string of the molecule is CCNC(=NCc1ccc(C)cc1OC)NCc1ccc(S(=O)(=O)N(C)C)s1.I. The van der Waals surface area contributed by atoms with Crippen LogP contribution in [0.4, 0.5) is 0 Å². The van der Waals surface area contributed by atoms with Gasteiger partial charge in [0.2, 0.25) is 0 Å². The van der Waals surface area contributed by atoms with Crippen LogP contribution in [-0.4, -0.2) is 46.4 Å². The van der Waals surface area contributed by atoms with Crippen LogP contribution in [0.1, 0.15) is 22.9 Å². The van der Waals surface area contributed by atoms with Crippen molar-refractivity contribution in [3.05, 3.63) is 46.3 Å². The van der Waals surface area contributed by atoms with Crippen LogP contribution in [0.3, 0.4) is 0 Å². The first kappa shape index (κ1) is 25.7. The molecule has 0 aliphatic heterocycles. The monoisotopic (exact) mass is 552 g/mol. The average Bonchev–Trinajstić information content (AvgIpc) is 3.14. The zero-order chi connectivity index (χ0) is 20.7. The Morgan fingerprint density at radius 2 is 1.93 bits per heavy atom. The number of rotatable bonds is 8. The van der Waals surface area contributed by atoms with Gasteiger partial charge in [0.05, 0.1) is 20.2 Å². The van der Waals surface area contributed by atoms with E-state index >= 15 is 0 Å². The van der Waals surface area contributed by atoms with Crippen LogP contribution < -0.4 is 15.4 Å². The lowest BCUT2D eigenvalue weighted by Crippen LogP contribution is -2.36. The van der Waals surface area contributed by atoms with E-state index in [2.05, 4.69) is 15.6 Å². The summed E-state index contributed by atoms with van der Waals surface area (Å²) >= 11 is 1.26. The highest BCUT2D eigenvalue weighted by Crippen LogP contribution is 2.24. The topological polar surface area (TPSA) is 83.0 Å². The van der Waals surface area contributed by atoms with E-state index in [9.17, 15) is 8.42 Å². The van der Waals surface area contributed by atoms with Gasteiger partial charge in [0.15, 0.2) is 5.96 Å². The van der Waals surface area contributed by atoms with Gasteiger partial charge in [0.1, 0.15) is 9.96 Å². The number of thiophene rings is 1. The maximum atomic E-state index is 12.2. The third kappa shape index (κ3) is 7.12. The van der Waals surface area contributed by atoms with E-state index in [4.69, 9.17) is 4.74 Å². The van der Waals surface area contributed by atoms with Crippen molar-refractivity contribution in [1.82, 2.24) is 14.9 Å². The highest BCUT2D eigenvalue weighted by Gasteiger charge is 2.19. The molecule has 0 radical (unpaired) electrons. The highest BCUT2D eigenvalue weighted by atomic mass is 127. The fourth-order valence-electron chi connectivity index (χ4n) is 2.43. The van der Waals surface area contributed by atoms with Crippen molar-refractivity contribution in [2.45, 2.75) is 31.1 Å². The largest absolute Gasteiger partial charge is 0.496 e. The first-order valence-corrected chi connectivity index (χ1v) is 11.2.